The van der Waals surface area contributed by atoms with Crippen molar-refractivity contribution < 1.29 is 22.7 Å². The molecule has 1 rings (SSSR count). The maximum atomic E-state index is 14.0. The molecule has 0 aromatic heterocycles. The second-order valence-electron chi connectivity index (χ2n) is 4.21. The van der Waals surface area contributed by atoms with Crippen molar-refractivity contribution in [1.82, 2.24) is 4.72 Å². The summed E-state index contributed by atoms with van der Waals surface area (Å²) in [4.78, 5) is 10.2. The van der Waals surface area contributed by atoms with Crippen LogP contribution >= 0.6 is 15.9 Å². The van der Waals surface area contributed by atoms with Gasteiger partial charge in [0.15, 0.2) is 5.82 Å². The third kappa shape index (κ3) is 3.77. The first-order chi connectivity index (χ1) is 9.22. The number of halogens is 2. The van der Waals surface area contributed by atoms with Gasteiger partial charge in [0.1, 0.15) is 4.90 Å². The Kier molecular flexibility index (Phi) is 5.67. The summed E-state index contributed by atoms with van der Waals surface area (Å²) >= 11 is 2.99. The molecular weight excluding hydrogens is 353 g/mol. The van der Waals surface area contributed by atoms with Gasteiger partial charge >= 0.3 is 5.97 Å². The third-order valence-electron chi connectivity index (χ3n) is 2.83. The van der Waals surface area contributed by atoms with Gasteiger partial charge in [-0.3, -0.25) is 0 Å². The fraction of sp³-hybridized carbons (Fsp3) is 0.417. The smallest absolute Gasteiger partial charge is 0.338 e. The number of benzene rings is 1. The van der Waals surface area contributed by atoms with E-state index in [1.165, 1.54) is 0 Å². The molecule has 1 aromatic rings. The first-order valence-electron chi connectivity index (χ1n) is 5.97. The van der Waals surface area contributed by atoms with E-state index in [4.69, 9.17) is 5.11 Å². The van der Waals surface area contributed by atoms with Crippen molar-refractivity contribution in [1.29, 1.82) is 0 Å². The zero-order chi connectivity index (χ0) is 15.5. The zero-order valence-electron chi connectivity index (χ0n) is 11.0. The molecule has 112 valence electrons. The highest BCUT2D eigenvalue weighted by atomic mass is 79.9. The highest BCUT2D eigenvalue weighted by molar-refractivity contribution is 9.10. The third-order valence-corrected chi connectivity index (χ3v) is 4.81. The van der Waals surface area contributed by atoms with Crippen molar-refractivity contribution in [2.45, 2.75) is 37.6 Å². The molecule has 0 saturated heterocycles. The van der Waals surface area contributed by atoms with Crippen LogP contribution in [0.3, 0.4) is 0 Å². The molecule has 8 heteroatoms. The summed E-state index contributed by atoms with van der Waals surface area (Å²) in [7, 11) is -4.11. The summed E-state index contributed by atoms with van der Waals surface area (Å²) in [6.07, 6.45) is 1.11. The van der Waals surface area contributed by atoms with E-state index in [0.717, 1.165) is 12.1 Å². The van der Waals surface area contributed by atoms with Crippen LogP contribution < -0.4 is 4.72 Å². The Morgan fingerprint density at radius 1 is 1.40 bits per heavy atom. The van der Waals surface area contributed by atoms with E-state index in [-0.39, 0.29) is 10.5 Å². The highest BCUT2D eigenvalue weighted by Crippen LogP contribution is 2.24. The number of rotatable bonds is 6. The number of carbonyl (C=O) groups is 1. The van der Waals surface area contributed by atoms with Crippen LogP contribution in [0, 0.1) is 5.82 Å². The van der Waals surface area contributed by atoms with Crippen LogP contribution in [0.5, 0.6) is 0 Å². The summed E-state index contributed by atoms with van der Waals surface area (Å²) in [5.74, 6) is -2.79. The van der Waals surface area contributed by atoms with E-state index in [0.29, 0.717) is 12.8 Å². The van der Waals surface area contributed by atoms with Gasteiger partial charge in [0.2, 0.25) is 10.0 Å². The van der Waals surface area contributed by atoms with Gasteiger partial charge in [-0.25, -0.2) is 22.3 Å². The summed E-state index contributed by atoms with van der Waals surface area (Å²) in [6, 6.07) is 1.74. The van der Waals surface area contributed by atoms with E-state index in [9.17, 15) is 17.6 Å². The van der Waals surface area contributed by atoms with E-state index in [1.54, 1.807) is 13.8 Å². The van der Waals surface area contributed by atoms with Crippen molar-refractivity contribution in [3.05, 3.63) is 28.0 Å². The van der Waals surface area contributed by atoms with Gasteiger partial charge in [-0.2, -0.15) is 0 Å². The summed E-state index contributed by atoms with van der Waals surface area (Å²) in [5.41, 5.74) is -0.690. The van der Waals surface area contributed by atoms with Crippen LogP contribution in [0.2, 0.25) is 0 Å². The number of sulfonamides is 1. The molecule has 0 aliphatic heterocycles. The van der Waals surface area contributed by atoms with Gasteiger partial charge in [-0.15, -0.1) is 0 Å². The molecule has 0 bridgehead atoms. The average molecular weight is 368 g/mol. The Hall–Kier alpha value is -0.990. The van der Waals surface area contributed by atoms with Crippen LogP contribution in [0.4, 0.5) is 4.39 Å². The second kappa shape index (κ2) is 6.64. The fourth-order valence-electron chi connectivity index (χ4n) is 1.65. The molecule has 0 amide bonds. The molecule has 0 fully saturated rings. The van der Waals surface area contributed by atoms with Gasteiger partial charge in [0, 0.05) is 10.5 Å². The Bertz CT molecular complexity index is 614. The topological polar surface area (TPSA) is 83.5 Å². The summed E-state index contributed by atoms with van der Waals surface area (Å²) in [6.45, 7) is 3.60. The Balaban J connectivity index is 3.35. The van der Waals surface area contributed by atoms with Crippen LogP contribution in [-0.2, 0) is 10.0 Å². The van der Waals surface area contributed by atoms with Crippen molar-refractivity contribution in [3.63, 3.8) is 0 Å². The van der Waals surface area contributed by atoms with E-state index in [1.807, 2.05) is 0 Å². The Morgan fingerprint density at radius 2 is 1.95 bits per heavy atom. The lowest BCUT2D eigenvalue weighted by molar-refractivity contribution is 0.0691. The molecule has 0 saturated carbocycles. The van der Waals surface area contributed by atoms with Gasteiger partial charge in [-0.05, 0) is 25.0 Å². The first kappa shape index (κ1) is 17.1. The molecule has 0 aliphatic rings. The molecule has 1 aromatic carbocycles. The summed E-state index contributed by atoms with van der Waals surface area (Å²) < 4.78 is 40.9. The molecule has 0 radical (unpaired) electrons. The first-order valence-corrected chi connectivity index (χ1v) is 8.25. The van der Waals surface area contributed by atoms with Gasteiger partial charge in [0.05, 0.1) is 5.56 Å². The van der Waals surface area contributed by atoms with Crippen molar-refractivity contribution in [3.8, 4) is 0 Å². The predicted molar refractivity (Wildman–Crippen MR) is 75.8 cm³/mol. The van der Waals surface area contributed by atoms with E-state index in [2.05, 4.69) is 20.7 Å². The molecule has 0 spiro atoms. The number of hydrogen-bond donors (Lipinski definition) is 2. The standard InChI is InChI=1S/C12H15BrFNO4S/c1-3-8(4-2)15-20(18,19)10-6-7(13)5-9(11(10)14)12(16)17/h5-6,8,15H,3-4H2,1-2H3,(H,16,17). The second-order valence-corrected chi connectivity index (χ2v) is 6.80. The lowest BCUT2D eigenvalue weighted by Gasteiger charge is -2.16. The van der Waals surface area contributed by atoms with Crippen molar-refractivity contribution in [2.75, 3.05) is 0 Å². The molecule has 2 N–H and O–H groups in total. The fourth-order valence-corrected chi connectivity index (χ4v) is 3.79. The minimum atomic E-state index is -4.11. The number of hydrogen-bond acceptors (Lipinski definition) is 3. The minimum absolute atomic E-state index is 0.182. The van der Waals surface area contributed by atoms with Crippen molar-refractivity contribution in [2.24, 2.45) is 0 Å². The van der Waals surface area contributed by atoms with Crippen LogP contribution in [-0.4, -0.2) is 25.5 Å². The molecule has 0 atom stereocenters. The van der Waals surface area contributed by atoms with E-state index >= 15 is 0 Å². The van der Waals surface area contributed by atoms with Gasteiger partial charge in [0.25, 0.3) is 0 Å². The quantitative estimate of drug-likeness (QED) is 0.809. The lowest BCUT2D eigenvalue weighted by Crippen LogP contribution is -2.34. The number of nitrogens with one attached hydrogen (secondary N) is 1. The Morgan fingerprint density at radius 3 is 2.40 bits per heavy atom. The molecule has 5 nitrogen and oxygen atoms in total. The Labute approximate surface area is 125 Å². The number of carboxylic acids is 1. The molecule has 0 aliphatic carbocycles. The van der Waals surface area contributed by atoms with Gasteiger partial charge in [-0.1, -0.05) is 29.8 Å². The molecular formula is C12H15BrFNO4S. The van der Waals surface area contributed by atoms with E-state index < -0.39 is 32.3 Å². The maximum Gasteiger partial charge on any atom is 0.338 e. The monoisotopic (exact) mass is 367 g/mol. The zero-order valence-corrected chi connectivity index (χ0v) is 13.4. The average Bonchev–Trinajstić information content (AvgIpc) is 2.37. The summed E-state index contributed by atoms with van der Waals surface area (Å²) in [5, 5.41) is 8.88. The minimum Gasteiger partial charge on any atom is -0.478 e. The lowest BCUT2D eigenvalue weighted by atomic mass is 10.2. The van der Waals surface area contributed by atoms with Gasteiger partial charge < -0.3 is 5.11 Å². The number of carboxylic acid groups (broad SMARTS) is 1. The maximum absolute atomic E-state index is 14.0. The molecule has 20 heavy (non-hydrogen) atoms. The van der Waals surface area contributed by atoms with Crippen LogP contribution in [0.25, 0.3) is 0 Å². The largest absolute Gasteiger partial charge is 0.478 e. The molecule has 0 unspecified atom stereocenters. The van der Waals surface area contributed by atoms with Crippen LogP contribution in [0.1, 0.15) is 37.0 Å². The van der Waals surface area contributed by atoms with Crippen molar-refractivity contribution >= 4 is 31.9 Å². The number of aromatic carboxylic acids is 1. The normalized spacial score (nSPS) is 11.8. The highest BCUT2D eigenvalue weighted by Gasteiger charge is 2.26. The SMILES string of the molecule is CCC(CC)NS(=O)(=O)c1cc(Br)cc(C(=O)O)c1F. The van der Waals surface area contributed by atoms with Crippen LogP contribution in [0.15, 0.2) is 21.5 Å². The predicted octanol–water partition coefficient (Wildman–Crippen LogP) is 2.75. The molecule has 0 heterocycles.